The molecule has 0 heterocycles. The van der Waals surface area contributed by atoms with Gasteiger partial charge < -0.3 is 4.74 Å². The van der Waals surface area contributed by atoms with Crippen molar-refractivity contribution in [3.8, 4) is 5.75 Å². The Hall–Kier alpha value is -1.21. The van der Waals surface area contributed by atoms with Gasteiger partial charge >= 0.3 is 0 Å². The molecule has 1 aliphatic rings. The van der Waals surface area contributed by atoms with Crippen molar-refractivity contribution in [1.29, 1.82) is 0 Å². The van der Waals surface area contributed by atoms with Gasteiger partial charge in [-0.05, 0) is 35.3 Å². The maximum absolute atomic E-state index is 6.84. The lowest BCUT2D eigenvalue weighted by Gasteiger charge is -2.23. The third-order valence-corrected chi connectivity index (χ3v) is 5.30. The first kappa shape index (κ1) is 13.8. The minimum absolute atomic E-state index is 0.100. The smallest absolute Gasteiger partial charge is 0.126 e. The number of hydrogen-bond donors (Lipinski definition) is 0. The van der Waals surface area contributed by atoms with E-state index >= 15 is 0 Å². The highest BCUT2D eigenvalue weighted by Gasteiger charge is 2.31. The number of halogens is 1. The number of benzene rings is 2. The van der Waals surface area contributed by atoms with Crippen LogP contribution in [-0.4, -0.2) is 7.11 Å². The van der Waals surface area contributed by atoms with E-state index in [4.69, 9.17) is 16.3 Å². The molecule has 2 aromatic carbocycles. The fourth-order valence-corrected chi connectivity index (χ4v) is 4.12. The Morgan fingerprint density at radius 1 is 1.10 bits per heavy atom. The van der Waals surface area contributed by atoms with Gasteiger partial charge in [0.2, 0.25) is 0 Å². The zero-order valence-corrected chi connectivity index (χ0v) is 12.9. The van der Waals surface area contributed by atoms with E-state index in [9.17, 15) is 0 Å². The van der Waals surface area contributed by atoms with E-state index in [1.54, 1.807) is 7.11 Å². The quantitative estimate of drug-likeness (QED) is 0.671. The van der Waals surface area contributed by atoms with Crippen LogP contribution in [0.5, 0.6) is 5.75 Å². The van der Waals surface area contributed by atoms with Gasteiger partial charge in [-0.2, -0.15) is 0 Å². The standard InChI is InChI=1S/C18H21ClO/c1-12-6-5-9-13(12)18(19)16-10-11-17(20-2)15-8-4-3-7-14(15)16/h3-4,7-8,10-13,18H,5-6,9H2,1-2H3. The number of ether oxygens (including phenoxy) is 1. The lowest BCUT2D eigenvalue weighted by atomic mass is 9.88. The Kier molecular flexibility index (Phi) is 3.89. The summed E-state index contributed by atoms with van der Waals surface area (Å²) in [6.45, 7) is 2.33. The molecule has 0 N–H and O–H groups in total. The summed E-state index contributed by atoms with van der Waals surface area (Å²) >= 11 is 6.84. The third-order valence-electron chi connectivity index (χ3n) is 4.74. The molecule has 106 valence electrons. The molecule has 0 spiro atoms. The van der Waals surface area contributed by atoms with Crippen molar-refractivity contribution in [2.24, 2.45) is 11.8 Å². The van der Waals surface area contributed by atoms with E-state index in [2.05, 4.69) is 37.3 Å². The van der Waals surface area contributed by atoms with Crippen molar-refractivity contribution >= 4 is 22.4 Å². The summed E-state index contributed by atoms with van der Waals surface area (Å²) in [5, 5.41) is 2.48. The second-order valence-electron chi connectivity index (χ2n) is 5.88. The van der Waals surface area contributed by atoms with Crippen LogP contribution in [0, 0.1) is 11.8 Å². The van der Waals surface area contributed by atoms with Crippen LogP contribution in [0.25, 0.3) is 10.8 Å². The number of alkyl halides is 1. The van der Waals surface area contributed by atoms with Gasteiger partial charge in [-0.1, -0.05) is 50.1 Å². The highest BCUT2D eigenvalue weighted by molar-refractivity contribution is 6.22. The molecule has 1 nitrogen and oxygen atoms in total. The Morgan fingerprint density at radius 2 is 1.85 bits per heavy atom. The fraction of sp³-hybridized carbons (Fsp3) is 0.444. The number of rotatable bonds is 3. The molecule has 0 bridgehead atoms. The predicted octanol–water partition coefficient (Wildman–Crippen LogP) is 5.56. The Labute approximate surface area is 125 Å². The summed E-state index contributed by atoms with van der Waals surface area (Å²) in [4.78, 5) is 0. The first-order chi connectivity index (χ1) is 9.72. The van der Waals surface area contributed by atoms with Gasteiger partial charge in [-0.15, -0.1) is 11.6 Å². The van der Waals surface area contributed by atoms with Crippen LogP contribution in [0.1, 0.15) is 37.1 Å². The second-order valence-corrected chi connectivity index (χ2v) is 6.35. The summed E-state index contributed by atoms with van der Waals surface area (Å²) in [7, 11) is 1.72. The third kappa shape index (κ3) is 2.29. The molecule has 1 saturated carbocycles. The molecule has 0 aliphatic heterocycles. The molecule has 3 atom stereocenters. The molecule has 0 saturated heterocycles. The summed E-state index contributed by atoms with van der Waals surface area (Å²) in [6.07, 6.45) is 3.86. The van der Waals surface area contributed by atoms with E-state index < -0.39 is 0 Å². The van der Waals surface area contributed by atoms with Gasteiger partial charge in [0.15, 0.2) is 0 Å². The molecule has 0 aromatic heterocycles. The van der Waals surface area contributed by atoms with Crippen LogP contribution in [-0.2, 0) is 0 Å². The largest absolute Gasteiger partial charge is 0.496 e. The molecule has 1 fully saturated rings. The summed E-state index contributed by atoms with van der Waals surface area (Å²) in [6, 6.07) is 12.6. The average molecular weight is 289 g/mol. The Balaban J connectivity index is 2.07. The van der Waals surface area contributed by atoms with Crippen molar-refractivity contribution in [3.05, 3.63) is 42.0 Å². The topological polar surface area (TPSA) is 9.23 Å². The van der Waals surface area contributed by atoms with E-state index in [1.807, 2.05) is 6.07 Å². The van der Waals surface area contributed by atoms with E-state index in [-0.39, 0.29) is 5.38 Å². The van der Waals surface area contributed by atoms with E-state index in [0.29, 0.717) is 5.92 Å². The van der Waals surface area contributed by atoms with Gasteiger partial charge in [0, 0.05) is 5.39 Å². The molecule has 0 radical (unpaired) electrons. The SMILES string of the molecule is COc1ccc(C(Cl)C2CCCC2C)c2ccccc12. The van der Waals surface area contributed by atoms with Crippen LogP contribution < -0.4 is 4.74 Å². The Morgan fingerprint density at radius 3 is 2.50 bits per heavy atom. The van der Waals surface area contributed by atoms with Crippen LogP contribution in [0.15, 0.2) is 36.4 Å². The zero-order valence-electron chi connectivity index (χ0n) is 12.1. The highest BCUT2D eigenvalue weighted by Crippen LogP contribution is 2.46. The molecule has 0 amide bonds. The van der Waals surface area contributed by atoms with Crippen LogP contribution >= 0.6 is 11.6 Å². The minimum atomic E-state index is 0.100. The number of fused-ring (bicyclic) bond motifs is 1. The molecular weight excluding hydrogens is 268 g/mol. The minimum Gasteiger partial charge on any atom is -0.496 e. The lowest BCUT2D eigenvalue weighted by molar-refractivity contribution is 0.405. The molecule has 1 aliphatic carbocycles. The van der Waals surface area contributed by atoms with Gasteiger partial charge in [-0.25, -0.2) is 0 Å². The summed E-state index contributed by atoms with van der Waals surface area (Å²) < 4.78 is 5.47. The fourth-order valence-electron chi connectivity index (χ4n) is 3.55. The first-order valence-electron chi connectivity index (χ1n) is 7.42. The van der Waals surface area contributed by atoms with Crippen LogP contribution in [0.2, 0.25) is 0 Å². The van der Waals surface area contributed by atoms with Gasteiger partial charge in [0.1, 0.15) is 5.75 Å². The molecular formula is C18H21ClO. The Bertz CT molecular complexity index is 607. The number of methoxy groups -OCH3 is 1. The van der Waals surface area contributed by atoms with Gasteiger partial charge in [0.05, 0.1) is 12.5 Å². The highest BCUT2D eigenvalue weighted by atomic mass is 35.5. The second kappa shape index (κ2) is 5.65. The zero-order chi connectivity index (χ0) is 14.1. The lowest BCUT2D eigenvalue weighted by Crippen LogP contribution is -2.11. The van der Waals surface area contributed by atoms with Crippen molar-refractivity contribution in [2.45, 2.75) is 31.6 Å². The van der Waals surface area contributed by atoms with Crippen LogP contribution in [0.4, 0.5) is 0 Å². The van der Waals surface area contributed by atoms with Gasteiger partial charge in [-0.3, -0.25) is 0 Å². The monoisotopic (exact) mass is 288 g/mol. The van der Waals surface area contributed by atoms with Crippen LogP contribution in [0.3, 0.4) is 0 Å². The van der Waals surface area contributed by atoms with Crippen molar-refractivity contribution in [2.75, 3.05) is 7.11 Å². The molecule has 20 heavy (non-hydrogen) atoms. The number of hydrogen-bond acceptors (Lipinski definition) is 1. The predicted molar refractivity (Wildman–Crippen MR) is 85.6 cm³/mol. The molecule has 2 heteroatoms. The maximum atomic E-state index is 6.84. The van der Waals surface area contributed by atoms with Gasteiger partial charge in [0.25, 0.3) is 0 Å². The van der Waals surface area contributed by atoms with E-state index in [0.717, 1.165) is 17.1 Å². The summed E-state index contributed by atoms with van der Waals surface area (Å²) in [5.74, 6) is 2.24. The molecule has 3 unspecified atom stereocenters. The van der Waals surface area contributed by atoms with Crippen molar-refractivity contribution in [3.63, 3.8) is 0 Å². The summed E-state index contributed by atoms with van der Waals surface area (Å²) in [5.41, 5.74) is 1.25. The van der Waals surface area contributed by atoms with Crippen molar-refractivity contribution < 1.29 is 4.74 Å². The molecule has 2 aromatic rings. The first-order valence-corrected chi connectivity index (χ1v) is 7.85. The van der Waals surface area contributed by atoms with Crippen molar-refractivity contribution in [1.82, 2.24) is 0 Å². The average Bonchev–Trinajstić information content (AvgIpc) is 2.91. The van der Waals surface area contributed by atoms with E-state index in [1.165, 1.54) is 30.2 Å². The maximum Gasteiger partial charge on any atom is 0.126 e. The molecule has 3 rings (SSSR count). The normalized spacial score (nSPS) is 23.9.